The van der Waals surface area contributed by atoms with E-state index in [2.05, 4.69) is 35.8 Å². The lowest BCUT2D eigenvalue weighted by atomic mass is 10.1. The summed E-state index contributed by atoms with van der Waals surface area (Å²) in [5.74, 6) is -0.469. The molecule has 0 bridgehead atoms. The number of rotatable bonds is 7. The molecule has 0 fully saturated rings. The summed E-state index contributed by atoms with van der Waals surface area (Å²) >= 11 is 0. The molecule has 2 heterocycles. The van der Waals surface area contributed by atoms with E-state index in [-0.39, 0.29) is 28.6 Å². The fourth-order valence-electron chi connectivity index (χ4n) is 2.85. The summed E-state index contributed by atoms with van der Waals surface area (Å²) in [4.78, 5) is 12.8. The predicted molar refractivity (Wildman–Crippen MR) is 112 cm³/mol. The monoisotopic (exact) mass is 436 g/mol. The second kappa shape index (κ2) is 9.04. The highest BCUT2D eigenvalue weighted by atomic mass is 19.1. The zero-order chi connectivity index (χ0) is 22.5. The molecule has 0 atom stereocenters. The molecule has 0 aliphatic rings. The SMILES string of the molecule is CCOc1ccc(-c2c(C(=O)N/N=C\c3ccccc3F)nnn2-c2nonc2N)cc1. The number of hydrazone groups is 1. The molecule has 0 saturated heterocycles. The molecule has 1 amide bonds. The van der Waals surface area contributed by atoms with E-state index >= 15 is 0 Å². The Morgan fingerprint density at radius 2 is 2.03 bits per heavy atom. The smallest absolute Gasteiger partial charge is 0.294 e. The molecular weight excluding hydrogens is 419 g/mol. The zero-order valence-electron chi connectivity index (χ0n) is 16.8. The molecule has 12 heteroatoms. The lowest BCUT2D eigenvalue weighted by Gasteiger charge is -2.07. The van der Waals surface area contributed by atoms with Gasteiger partial charge in [-0.05, 0) is 47.6 Å². The van der Waals surface area contributed by atoms with Crippen LogP contribution >= 0.6 is 0 Å². The van der Waals surface area contributed by atoms with Crippen LogP contribution in [0.3, 0.4) is 0 Å². The number of hydrogen-bond acceptors (Lipinski definition) is 9. The van der Waals surface area contributed by atoms with Crippen LogP contribution in [-0.2, 0) is 0 Å². The summed E-state index contributed by atoms with van der Waals surface area (Å²) in [5.41, 5.74) is 9.10. The Labute approximate surface area is 180 Å². The van der Waals surface area contributed by atoms with Gasteiger partial charge in [-0.1, -0.05) is 23.4 Å². The summed E-state index contributed by atoms with van der Waals surface area (Å²) in [5, 5.41) is 19.0. The first-order chi connectivity index (χ1) is 15.6. The maximum absolute atomic E-state index is 13.7. The molecule has 4 aromatic rings. The molecule has 11 nitrogen and oxygen atoms in total. The second-order valence-corrected chi connectivity index (χ2v) is 6.35. The number of nitrogens with two attached hydrogens (primary N) is 1. The predicted octanol–water partition coefficient (Wildman–Crippen LogP) is 2.20. The quantitative estimate of drug-likeness (QED) is 0.331. The van der Waals surface area contributed by atoms with Crippen LogP contribution in [0.25, 0.3) is 17.1 Å². The van der Waals surface area contributed by atoms with Gasteiger partial charge in [-0.2, -0.15) is 9.78 Å². The Balaban J connectivity index is 1.69. The number of anilines is 1. The van der Waals surface area contributed by atoms with E-state index in [0.717, 1.165) is 0 Å². The summed E-state index contributed by atoms with van der Waals surface area (Å²) in [6, 6.07) is 12.9. The highest BCUT2D eigenvalue weighted by Crippen LogP contribution is 2.28. The van der Waals surface area contributed by atoms with Crippen LogP contribution in [0.2, 0.25) is 0 Å². The van der Waals surface area contributed by atoms with E-state index in [9.17, 15) is 9.18 Å². The number of halogens is 1. The van der Waals surface area contributed by atoms with Crippen LogP contribution in [0.15, 0.2) is 58.3 Å². The van der Waals surface area contributed by atoms with E-state index in [1.807, 2.05) is 6.92 Å². The molecule has 0 spiro atoms. The highest BCUT2D eigenvalue weighted by Gasteiger charge is 2.25. The summed E-state index contributed by atoms with van der Waals surface area (Å²) in [7, 11) is 0. The van der Waals surface area contributed by atoms with Gasteiger partial charge in [0.2, 0.25) is 11.6 Å². The Hall–Kier alpha value is -4.61. The molecule has 32 heavy (non-hydrogen) atoms. The number of amides is 1. The van der Waals surface area contributed by atoms with Crippen molar-refractivity contribution in [1.82, 2.24) is 30.7 Å². The fourth-order valence-corrected chi connectivity index (χ4v) is 2.85. The Morgan fingerprint density at radius 1 is 1.25 bits per heavy atom. The van der Waals surface area contributed by atoms with Gasteiger partial charge in [0, 0.05) is 11.1 Å². The van der Waals surface area contributed by atoms with E-state index < -0.39 is 11.7 Å². The van der Waals surface area contributed by atoms with Gasteiger partial charge in [-0.3, -0.25) is 4.79 Å². The van der Waals surface area contributed by atoms with E-state index in [0.29, 0.717) is 17.9 Å². The molecule has 0 aliphatic carbocycles. The maximum Gasteiger partial charge on any atom is 0.294 e. The fraction of sp³-hybridized carbons (Fsp3) is 0.100. The van der Waals surface area contributed by atoms with E-state index in [4.69, 9.17) is 10.5 Å². The average molecular weight is 436 g/mol. The van der Waals surface area contributed by atoms with Gasteiger partial charge < -0.3 is 10.5 Å². The van der Waals surface area contributed by atoms with Crippen LogP contribution < -0.4 is 15.9 Å². The van der Waals surface area contributed by atoms with Crippen LogP contribution in [0, 0.1) is 5.82 Å². The van der Waals surface area contributed by atoms with Crippen molar-refractivity contribution in [3.05, 3.63) is 65.6 Å². The lowest BCUT2D eigenvalue weighted by molar-refractivity contribution is 0.0950. The van der Waals surface area contributed by atoms with Gasteiger partial charge in [0.05, 0.1) is 12.8 Å². The first kappa shape index (κ1) is 20.7. The zero-order valence-corrected chi connectivity index (χ0v) is 16.8. The third kappa shape index (κ3) is 4.14. The summed E-state index contributed by atoms with van der Waals surface area (Å²) in [6.45, 7) is 2.38. The number of aromatic nitrogens is 5. The van der Waals surface area contributed by atoms with Crippen molar-refractivity contribution in [2.75, 3.05) is 12.3 Å². The molecule has 2 aromatic carbocycles. The molecule has 3 N–H and O–H groups in total. The number of nitrogens with zero attached hydrogens (tertiary/aromatic N) is 6. The molecule has 0 radical (unpaired) electrons. The molecule has 0 unspecified atom stereocenters. The Bertz CT molecular complexity index is 1270. The number of benzene rings is 2. The lowest BCUT2D eigenvalue weighted by Crippen LogP contribution is -2.19. The van der Waals surface area contributed by atoms with Crippen molar-refractivity contribution < 1.29 is 18.6 Å². The van der Waals surface area contributed by atoms with Gasteiger partial charge in [0.25, 0.3) is 5.91 Å². The van der Waals surface area contributed by atoms with Crippen molar-refractivity contribution in [3.63, 3.8) is 0 Å². The maximum atomic E-state index is 13.7. The van der Waals surface area contributed by atoms with Crippen molar-refractivity contribution in [1.29, 1.82) is 0 Å². The summed E-state index contributed by atoms with van der Waals surface area (Å²) in [6.07, 6.45) is 1.19. The van der Waals surface area contributed by atoms with Crippen molar-refractivity contribution in [3.8, 4) is 22.8 Å². The second-order valence-electron chi connectivity index (χ2n) is 6.35. The van der Waals surface area contributed by atoms with Crippen LogP contribution in [0.1, 0.15) is 23.0 Å². The first-order valence-electron chi connectivity index (χ1n) is 9.43. The first-order valence-corrected chi connectivity index (χ1v) is 9.43. The average Bonchev–Trinajstić information content (AvgIpc) is 3.42. The summed E-state index contributed by atoms with van der Waals surface area (Å²) < 4.78 is 25.1. The number of hydrogen-bond donors (Lipinski definition) is 2. The van der Waals surface area contributed by atoms with Gasteiger partial charge in [0.1, 0.15) is 17.3 Å². The largest absolute Gasteiger partial charge is 0.494 e. The molecule has 4 rings (SSSR count). The number of ether oxygens (including phenoxy) is 1. The van der Waals surface area contributed by atoms with Crippen LogP contribution in [0.4, 0.5) is 10.2 Å². The van der Waals surface area contributed by atoms with Crippen molar-refractivity contribution in [2.45, 2.75) is 6.92 Å². The van der Waals surface area contributed by atoms with Crippen LogP contribution in [0.5, 0.6) is 5.75 Å². The minimum atomic E-state index is -0.678. The van der Waals surface area contributed by atoms with E-state index in [1.165, 1.54) is 23.0 Å². The Kier molecular flexibility index (Phi) is 5.83. The number of nitrogen functional groups attached to an aromatic ring is 1. The topological polar surface area (TPSA) is 146 Å². The van der Waals surface area contributed by atoms with Crippen LogP contribution in [-0.4, -0.2) is 44.0 Å². The molecule has 2 aromatic heterocycles. The van der Waals surface area contributed by atoms with Gasteiger partial charge in [0.15, 0.2) is 5.69 Å². The third-order valence-electron chi connectivity index (χ3n) is 4.30. The molecule has 162 valence electrons. The standard InChI is InChI=1S/C20H17FN8O3/c1-2-31-14-9-7-12(8-10-14)17-16(24-28-29(17)19-18(22)26-32-27-19)20(30)25-23-11-13-5-3-4-6-15(13)21/h3-11H,2H2,1H3,(H2,22,26)(H,25,30)/b23-11-. The molecule has 0 aliphatic heterocycles. The number of carbonyl (C=O) groups excluding carboxylic acids is 1. The third-order valence-corrected chi connectivity index (χ3v) is 4.30. The number of nitrogens with one attached hydrogen (secondary N) is 1. The van der Waals surface area contributed by atoms with Crippen molar-refractivity contribution >= 4 is 17.9 Å². The molecule has 0 saturated carbocycles. The Morgan fingerprint density at radius 3 is 2.72 bits per heavy atom. The van der Waals surface area contributed by atoms with Crippen molar-refractivity contribution in [2.24, 2.45) is 5.10 Å². The normalized spacial score (nSPS) is 11.1. The van der Waals surface area contributed by atoms with Gasteiger partial charge in [-0.15, -0.1) is 5.10 Å². The minimum Gasteiger partial charge on any atom is -0.494 e. The number of carbonyl (C=O) groups is 1. The minimum absolute atomic E-state index is 0.0355. The van der Waals surface area contributed by atoms with E-state index in [1.54, 1.807) is 36.4 Å². The van der Waals surface area contributed by atoms with Gasteiger partial charge >= 0.3 is 0 Å². The van der Waals surface area contributed by atoms with Gasteiger partial charge in [-0.25, -0.2) is 14.4 Å². The highest BCUT2D eigenvalue weighted by molar-refractivity contribution is 5.98. The molecular formula is C20H17FN8O3.